The lowest BCUT2D eigenvalue weighted by Gasteiger charge is -1.97. The van der Waals surface area contributed by atoms with E-state index in [-0.39, 0.29) is 11.9 Å². The normalized spacial score (nSPS) is 7.52. The maximum Gasteiger partial charge on any atom is 0.330 e. The Balaban J connectivity index is -0.000000134. The Kier molecular flexibility index (Phi) is 32.4. The van der Waals surface area contributed by atoms with Gasteiger partial charge in [-0.15, -0.1) is 0 Å². The third kappa shape index (κ3) is 45.0. The van der Waals surface area contributed by atoms with E-state index < -0.39 is 11.9 Å². The molecule has 0 aliphatic heterocycles. The molecular weight excluding hydrogens is 356 g/mol. The number of hydrogen-bond donors (Lipinski definition) is 1. The standard InChI is InChI=1S/C7H12O2.C5H8O2.C4H6O2.C3H4O2/c1-3-5-6-9-7(8)4-2;1-3-5(6)7-4-2;1-3-4(5)6-2;1-2-3(4)5/h4H,2-3,5-6H2,1H3;3H,1,4H2,2H3;3H,1H2,2H3;2H,1H2,(H,4,5). The maximum atomic E-state index is 10.3. The number of hydrogen-bond acceptors (Lipinski definition) is 7. The van der Waals surface area contributed by atoms with Gasteiger partial charge >= 0.3 is 23.9 Å². The molecule has 8 heteroatoms. The summed E-state index contributed by atoms with van der Waals surface area (Å²) in [5.74, 6) is -2.06. The van der Waals surface area contributed by atoms with Gasteiger partial charge in [-0.05, 0) is 13.3 Å². The van der Waals surface area contributed by atoms with Crippen LogP contribution in [0.3, 0.4) is 0 Å². The van der Waals surface area contributed by atoms with Crippen LogP contribution in [0.5, 0.6) is 0 Å². The largest absolute Gasteiger partial charge is 0.478 e. The Hall–Kier alpha value is -3.16. The molecule has 1 N–H and O–H groups in total. The molecule has 154 valence electrons. The van der Waals surface area contributed by atoms with Crippen molar-refractivity contribution >= 4 is 23.9 Å². The highest BCUT2D eigenvalue weighted by Crippen LogP contribution is 1.88. The van der Waals surface area contributed by atoms with Crippen molar-refractivity contribution in [3.63, 3.8) is 0 Å². The lowest BCUT2D eigenvalue weighted by Crippen LogP contribution is -2.00. The Morgan fingerprint density at radius 3 is 1.41 bits per heavy atom. The van der Waals surface area contributed by atoms with Gasteiger partial charge in [0.25, 0.3) is 0 Å². The highest BCUT2D eigenvalue weighted by molar-refractivity contribution is 5.81. The second kappa shape index (κ2) is 27.7. The van der Waals surface area contributed by atoms with Crippen LogP contribution in [0, 0.1) is 0 Å². The first-order chi connectivity index (χ1) is 12.7. The van der Waals surface area contributed by atoms with Gasteiger partial charge in [0.15, 0.2) is 0 Å². The van der Waals surface area contributed by atoms with Crippen molar-refractivity contribution in [3.05, 3.63) is 50.6 Å². The topological polar surface area (TPSA) is 116 Å². The van der Waals surface area contributed by atoms with E-state index in [1.165, 1.54) is 13.2 Å². The zero-order valence-electron chi connectivity index (χ0n) is 16.3. The molecular formula is C19H30O8. The van der Waals surface area contributed by atoms with Gasteiger partial charge in [0, 0.05) is 24.3 Å². The Morgan fingerprint density at radius 2 is 1.22 bits per heavy atom. The zero-order valence-corrected chi connectivity index (χ0v) is 16.3. The molecule has 0 bridgehead atoms. The van der Waals surface area contributed by atoms with Crippen LogP contribution < -0.4 is 0 Å². The van der Waals surface area contributed by atoms with E-state index in [1.807, 2.05) is 6.92 Å². The summed E-state index contributed by atoms with van der Waals surface area (Å²) in [5, 5.41) is 7.60. The zero-order chi connectivity index (χ0) is 22.1. The summed E-state index contributed by atoms with van der Waals surface area (Å²) in [6, 6.07) is 0. The van der Waals surface area contributed by atoms with Gasteiger partial charge in [-0.1, -0.05) is 39.7 Å². The molecule has 0 aromatic carbocycles. The average molecular weight is 386 g/mol. The molecule has 0 rings (SSSR count). The number of esters is 3. The van der Waals surface area contributed by atoms with Crippen LogP contribution in [0.15, 0.2) is 50.6 Å². The second-order valence-electron chi connectivity index (χ2n) is 3.95. The van der Waals surface area contributed by atoms with Crippen LogP contribution >= 0.6 is 0 Å². The molecule has 0 fully saturated rings. The van der Waals surface area contributed by atoms with Crippen molar-refractivity contribution in [2.45, 2.75) is 26.7 Å². The summed E-state index contributed by atoms with van der Waals surface area (Å²) < 4.78 is 13.3. The molecule has 0 spiro atoms. The molecule has 0 unspecified atom stereocenters. The van der Waals surface area contributed by atoms with E-state index in [0.717, 1.165) is 31.1 Å². The first-order valence-corrected chi connectivity index (χ1v) is 7.84. The molecule has 8 nitrogen and oxygen atoms in total. The van der Waals surface area contributed by atoms with Gasteiger partial charge in [0.2, 0.25) is 0 Å². The van der Waals surface area contributed by atoms with Gasteiger partial charge in [0.1, 0.15) is 0 Å². The van der Waals surface area contributed by atoms with E-state index >= 15 is 0 Å². The summed E-state index contributed by atoms with van der Waals surface area (Å²) in [7, 11) is 1.31. The average Bonchev–Trinajstić information content (AvgIpc) is 2.68. The first-order valence-electron chi connectivity index (χ1n) is 7.84. The van der Waals surface area contributed by atoms with Gasteiger partial charge in [-0.3, -0.25) is 0 Å². The quantitative estimate of drug-likeness (QED) is 0.293. The minimum absolute atomic E-state index is 0.330. The van der Waals surface area contributed by atoms with E-state index in [2.05, 4.69) is 40.5 Å². The van der Waals surface area contributed by atoms with Crippen molar-refractivity contribution in [1.29, 1.82) is 0 Å². The summed E-state index contributed by atoms with van der Waals surface area (Å²) in [5.41, 5.74) is 0. The van der Waals surface area contributed by atoms with E-state index in [1.54, 1.807) is 6.92 Å². The Morgan fingerprint density at radius 1 is 0.815 bits per heavy atom. The van der Waals surface area contributed by atoms with Crippen LogP contribution in [0.2, 0.25) is 0 Å². The van der Waals surface area contributed by atoms with E-state index in [4.69, 9.17) is 5.11 Å². The number of rotatable bonds is 8. The van der Waals surface area contributed by atoms with Gasteiger partial charge in [-0.25, -0.2) is 19.2 Å². The summed E-state index contributed by atoms with van der Waals surface area (Å²) in [6.45, 7) is 17.3. The number of aliphatic carboxylic acids is 1. The summed E-state index contributed by atoms with van der Waals surface area (Å²) in [6.07, 6.45) is 6.24. The molecule has 0 saturated carbocycles. The molecule has 0 radical (unpaired) electrons. The van der Waals surface area contributed by atoms with E-state index in [0.29, 0.717) is 13.2 Å². The minimum atomic E-state index is -0.981. The van der Waals surface area contributed by atoms with Crippen molar-refractivity contribution in [1.82, 2.24) is 0 Å². The van der Waals surface area contributed by atoms with Gasteiger partial charge in [0.05, 0.1) is 20.3 Å². The number of carboxylic acids is 1. The molecule has 0 aromatic heterocycles. The molecule has 0 heterocycles. The van der Waals surface area contributed by atoms with Crippen molar-refractivity contribution in [2.75, 3.05) is 20.3 Å². The molecule has 0 aromatic rings. The predicted molar refractivity (Wildman–Crippen MR) is 103 cm³/mol. The van der Waals surface area contributed by atoms with Gasteiger partial charge < -0.3 is 19.3 Å². The second-order valence-corrected chi connectivity index (χ2v) is 3.95. The number of unbranched alkanes of at least 4 members (excludes halogenated alkanes) is 1. The minimum Gasteiger partial charge on any atom is -0.478 e. The smallest absolute Gasteiger partial charge is 0.330 e. The molecule has 0 atom stereocenters. The fourth-order valence-corrected chi connectivity index (χ4v) is 0.661. The highest BCUT2D eigenvalue weighted by Gasteiger charge is 1.91. The van der Waals surface area contributed by atoms with Crippen LogP contribution in [-0.2, 0) is 33.4 Å². The molecule has 0 amide bonds. The summed E-state index contributed by atoms with van der Waals surface area (Å²) >= 11 is 0. The van der Waals surface area contributed by atoms with Crippen molar-refractivity contribution < 1.29 is 38.5 Å². The third-order valence-electron chi connectivity index (χ3n) is 1.90. The molecule has 27 heavy (non-hydrogen) atoms. The predicted octanol–water partition coefficient (Wildman–Crippen LogP) is 2.85. The molecule has 0 saturated heterocycles. The monoisotopic (exact) mass is 386 g/mol. The number of carbonyl (C=O) groups excluding carboxylic acids is 3. The lowest BCUT2D eigenvalue weighted by molar-refractivity contribution is -0.138. The van der Waals surface area contributed by atoms with Crippen LogP contribution in [0.1, 0.15) is 26.7 Å². The summed E-state index contributed by atoms with van der Waals surface area (Å²) in [4.78, 5) is 39.5. The molecule has 0 aliphatic rings. The Labute approximate surface area is 160 Å². The SMILES string of the molecule is C=CC(=O)O.C=CC(=O)OC.C=CC(=O)OCC.C=CC(=O)OCCCC. The Bertz CT molecular complexity index is 466. The van der Waals surface area contributed by atoms with E-state index in [9.17, 15) is 19.2 Å². The number of methoxy groups -OCH3 is 1. The number of carboxylic acid groups (broad SMARTS) is 1. The van der Waals surface area contributed by atoms with Crippen molar-refractivity contribution in [2.24, 2.45) is 0 Å². The lowest BCUT2D eigenvalue weighted by atomic mass is 10.4. The number of carbonyl (C=O) groups is 4. The van der Waals surface area contributed by atoms with Crippen molar-refractivity contribution in [3.8, 4) is 0 Å². The fourth-order valence-electron chi connectivity index (χ4n) is 0.661. The van der Waals surface area contributed by atoms with Crippen LogP contribution in [0.4, 0.5) is 0 Å². The number of ether oxygens (including phenoxy) is 3. The molecule has 0 aliphatic carbocycles. The fraction of sp³-hybridized carbons (Fsp3) is 0.368. The van der Waals surface area contributed by atoms with Crippen LogP contribution in [0.25, 0.3) is 0 Å². The first kappa shape index (κ1) is 31.6. The van der Waals surface area contributed by atoms with Crippen LogP contribution in [-0.4, -0.2) is 49.3 Å². The maximum absolute atomic E-state index is 10.3. The van der Waals surface area contributed by atoms with Gasteiger partial charge in [-0.2, -0.15) is 0 Å². The highest BCUT2D eigenvalue weighted by atomic mass is 16.5. The third-order valence-corrected chi connectivity index (χ3v) is 1.90.